The summed E-state index contributed by atoms with van der Waals surface area (Å²) in [4.78, 5) is 4.02. The first kappa shape index (κ1) is 13.9. The lowest BCUT2D eigenvalue weighted by molar-refractivity contribution is -0.137. The molecule has 3 rings (SSSR count). The molecule has 110 valence electrons. The van der Waals surface area contributed by atoms with Crippen LogP contribution in [0.3, 0.4) is 0 Å². The molecule has 0 saturated heterocycles. The number of nitrogens with zero attached hydrogens (tertiary/aromatic N) is 1. The van der Waals surface area contributed by atoms with E-state index in [9.17, 15) is 13.2 Å². The summed E-state index contributed by atoms with van der Waals surface area (Å²) in [5.41, 5.74) is 0.404. The lowest BCUT2D eigenvalue weighted by Gasteiger charge is -2.20. The Labute approximate surface area is 121 Å². The second kappa shape index (κ2) is 5.39. The lowest BCUT2D eigenvalue weighted by atomic mass is 10.0. The van der Waals surface area contributed by atoms with Gasteiger partial charge in [-0.05, 0) is 36.5 Å². The molecule has 0 bridgehead atoms. The molecular weight excluding hydrogens is 277 g/mol. The molecule has 1 unspecified atom stereocenters. The predicted molar refractivity (Wildman–Crippen MR) is 74.8 cm³/mol. The summed E-state index contributed by atoms with van der Waals surface area (Å²) in [6.07, 6.45) is -0.974. The third-order valence-corrected chi connectivity index (χ3v) is 3.64. The van der Waals surface area contributed by atoms with Crippen LogP contribution < -0.4 is 5.32 Å². The Bertz CT molecular complexity index is 606. The van der Waals surface area contributed by atoms with Crippen LogP contribution in [0.25, 0.3) is 0 Å². The molecule has 2 aromatic rings. The number of aromatic nitrogens is 1. The molecule has 1 heterocycles. The van der Waals surface area contributed by atoms with Crippen molar-refractivity contribution in [1.29, 1.82) is 0 Å². The summed E-state index contributed by atoms with van der Waals surface area (Å²) in [6, 6.07) is 11.8. The van der Waals surface area contributed by atoms with Gasteiger partial charge in [0.25, 0.3) is 0 Å². The van der Waals surface area contributed by atoms with Crippen LogP contribution >= 0.6 is 0 Å². The zero-order chi connectivity index (χ0) is 14.9. The number of anilines is 1. The Balaban J connectivity index is 1.84. The van der Waals surface area contributed by atoms with Gasteiger partial charge in [-0.3, -0.25) is 0 Å². The van der Waals surface area contributed by atoms with Gasteiger partial charge >= 0.3 is 6.18 Å². The van der Waals surface area contributed by atoms with Gasteiger partial charge in [0.15, 0.2) is 0 Å². The SMILES string of the molecule is FC(F)(F)c1ccnc(NC(c2ccccc2)C2CC2)c1. The van der Waals surface area contributed by atoms with Gasteiger partial charge in [-0.1, -0.05) is 30.3 Å². The number of halogens is 3. The van der Waals surface area contributed by atoms with E-state index < -0.39 is 11.7 Å². The van der Waals surface area contributed by atoms with Crippen LogP contribution in [0.5, 0.6) is 0 Å². The zero-order valence-electron chi connectivity index (χ0n) is 11.3. The first-order valence-electron chi connectivity index (χ1n) is 6.89. The molecule has 1 atom stereocenters. The smallest absolute Gasteiger partial charge is 0.363 e. The highest BCUT2D eigenvalue weighted by atomic mass is 19.4. The molecule has 1 aromatic heterocycles. The van der Waals surface area contributed by atoms with Crippen molar-refractivity contribution in [3.63, 3.8) is 0 Å². The minimum absolute atomic E-state index is 0.0159. The predicted octanol–water partition coefficient (Wildman–Crippen LogP) is 4.66. The van der Waals surface area contributed by atoms with E-state index in [0.29, 0.717) is 5.92 Å². The normalized spacial score (nSPS) is 16.5. The first-order valence-corrected chi connectivity index (χ1v) is 6.89. The van der Waals surface area contributed by atoms with Crippen molar-refractivity contribution in [2.75, 3.05) is 5.32 Å². The van der Waals surface area contributed by atoms with Crippen LogP contribution in [0, 0.1) is 5.92 Å². The van der Waals surface area contributed by atoms with Gasteiger partial charge in [-0.2, -0.15) is 13.2 Å². The van der Waals surface area contributed by atoms with Gasteiger partial charge in [0, 0.05) is 6.20 Å². The highest BCUT2D eigenvalue weighted by Gasteiger charge is 2.34. The number of hydrogen-bond donors (Lipinski definition) is 1. The van der Waals surface area contributed by atoms with E-state index in [0.717, 1.165) is 30.5 Å². The van der Waals surface area contributed by atoms with Crippen molar-refractivity contribution >= 4 is 5.82 Å². The highest BCUT2D eigenvalue weighted by Crippen LogP contribution is 2.43. The number of benzene rings is 1. The molecule has 1 saturated carbocycles. The molecule has 1 N–H and O–H groups in total. The summed E-state index contributed by atoms with van der Waals surface area (Å²) in [5.74, 6) is 0.731. The van der Waals surface area contributed by atoms with E-state index in [2.05, 4.69) is 10.3 Å². The van der Waals surface area contributed by atoms with E-state index in [1.807, 2.05) is 30.3 Å². The minimum Gasteiger partial charge on any atom is -0.363 e. The average molecular weight is 292 g/mol. The van der Waals surface area contributed by atoms with Crippen LogP contribution in [-0.4, -0.2) is 4.98 Å². The second-order valence-corrected chi connectivity index (χ2v) is 5.30. The monoisotopic (exact) mass is 292 g/mol. The van der Waals surface area contributed by atoms with Crippen LogP contribution in [-0.2, 0) is 6.18 Å². The van der Waals surface area contributed by atoms with E-state index in [-0.39, 0.29) is 11.9 Å². The fraction of sp³-hybridized carbons (Fsp3) is 0.312. The molecule has 0 amide bonds. The Morgan fingerprint density at radius 1 is 1.10 bits per heavy atom. The van der Waals surface area contributed by atoms with Gasteiger partial charge in [0.2, 0.25) is 0 Å². The lowest BCUT2D eigenvalue weighted by Crippen LogP contribution is -2.15. The van der Waals surface area contributed by atoms with Gasteiger partial charge in [-0.15, -0.1) is 0 Å². The topological polar surface area (TPSA) is 24.9 Å². The van der Waals surface area contributed by atoms with Crippen LogP contribution in [0.1, 0.15) is 30.0 Å². The number of hydrogen-bond acceptors (Lipinski definition) is 2. The van der Waals surface area contributed by atoms with Crippen molar-refractivity contribution in [3.05, 3.63) is 59.8 Å². The van der Waals surface area contributed by atoms with Crippen LogP contribution in [0.4, 0.5) is 19.0 Å². The maximum atomic E-state index is 12.7. The van der Waals surface area contributed by atoms with Crippen molar-refractivity contribution in [2.45, 2.75) is 25.1 Å². The molecule has 1 aliphatic rings. The maximum Gasteiger partial charge on any atom is 0.416 e. The number of rotatable bonds is 4. The summed E-state index contributed by atoms with van der Waals surface area (Å²) in [6.45, 7) is 0. The Morgan fingerprint density at radius 3 is 2.43 bits per heavy atom. The van der Waals surface area contributed by atoms with Crippen LogP contribution in [0.15, 0.2) is 48.7 Å². The molecule has 0 spiro atoms. The molecule has 1 aliphatic carbocycles. The average Bonchev–Trinajstić information content (AvgIpc) is 3.30. The third kappa shape index (κ3) is 3.35. The molecule has 0 aliphatic heterocycles. The quantitative estimate of drug-likeness (QED) is 0.886. The Hall–Kier alpha value is -2.04. The molecule has 2 nitrogen and oxygen atoms in total. The molecule has 5 heteroatoms. The van der Waals surface area contributed by atoms with Gasteiger partial charge < -0.3 is 5.32 Å². The van der Waals surface area contributed by atoms with Crippen molar-refractivity contribution in [2.24, 2.45) is 5.92 Å². The number of pyridine rings is 1. The summed E-state index contributed by atoms with van der Waals surface area (Å²) in [7, 11) is 0. The largest absolute Gasteiger partial charge is 0.416 e. The summed E-state index contributed by atoms with van der Waals surface area (Å²) >= 11 is 0. The fourth-order valence-electron chi connectivity index (χ4n) is 2.41. The van der Waals surface area contributed by atoms with E-state index >= 15 is 0 Å². The molecule has 1 fully saturated rings. The third-order valence-electron chi connectivity index (χ3n) is 3.64. The standard InChI is InChI=1S/C16H15F3N2/c17-16(18,19)13-8-9-20-14(10-13)21-15(12-6-7-12)11-4-2-1-3-5-11/h1-5,8-10,12,15H,6-7H2,(H,20,21). The van der Waals surface area contributed by atoms with Crippen molar-refractivity contribution in [3.8, 4) is 0 Å². The van der Waals surface area contributed by atoms with Gasteiger partial charge in [0.05, 0.1) is 11.6 Å². The Morgan fingerprint density at radius 2 is 1.81 bits per heavy atom. The number of nitrogens with one attached hydrogen (secondary N) is 1. The zero-order valence-corrected chi connectivity index (χ0v) is 11.3. The van der Waals surface area contributed by atoms with Gasteiger partial charge in [-0.25, -0.2) is 4.98 Å². The van der Waals surface area contributed by atoms with E-state index in [1.54, 1.807) is 0 Å². The summed E-state index contributed by atoms with van der Waals surface area (Å²) in [5, 5.41) is 3.16. The van der Waals surface area contributed by atoms with E-state index in [1.165, 1.54) is 6.20 Å². The number of alkyl halides is 3. The second-order valence-electron chi connectivity index (χ2n) is 5.30. The Kier molecular flexibility index (Phi) is 3.57. The molecule has 21 heavy (non-hydrogen) atoms. The van der Waals surface area contributed by atoms with Crippen molar-refractivity contribution in [1.82, 2.24) is 4.98 Å². The van der Waals surface area contributed by atoms with E-state index in [4.69, 9.17) is 0 Å². The molecular formula is C16H15F3N2. The molecule has 0 radical (unpaired) electrons. The fourth-order valence-corrected chi connectivity index (χ4v) is 2.41. The van der Waals surface area contributed by atoms with Crippen LogP contribution in [0.2, 0.25) is 0 Å². The minimum atomic E-state index is -4.35. The van der Waals surface area contributed by atoms with Crippen molar-refractivity contribution < 1.29 is 13.2 Å². The maximum absolute atomic E-state index is 12.7. The first-order chi connectivity index (χ1) is 10.0. The molecule has 1 aromatic carbocycles. The van der Waals surface area contributed by atoms with Gasteiger partial charge in [0.1, 0.15) is 5.82 Å². The summed E-state index contributed by atoms with van der Waals surface area (Å²) < 4.78 is 38.2. The highest BCUT2D eigenvalue weighted by molar-refractivity contribution is 5.42.